The molecule has 0 saturated carbocycles. The van der Waals surface area contributed by atoms with Crippen LogP contribution in [0, 0.1) is 0 Å². The molecular formula is C24H28Cl2N2O. The van der Waals surface area contributed by atoms with Crippen LogP contribution in [0.15, 0.2) is 54.6 Å². The standard InChI is InChI=1S/C24H28Cl2N2O/c1-23(2)21-5-3-4-6-22(21)28-17-18-29-24(23,28)12-11-19-7-9-20(10-8-19)27(15-13-25)16-14-26/h3-12H,13-18H2,1-2H3/b12-11+. The van der Waals surface area contributed by atoms with Crippen LogP contribution in [0.4, 0.5) is 11.4 Å². The van der Waals surface area contributed by atoms with Crippen molar-refractivity contribution in [2.45, 2.75) is 25.0 Å². The van der Waals surface area contributed by atoms with Gasteiger partial charge in [-0.15, -0.1) is 23.2 Å². The van der Waals surface area contributed by atoms with Gasteiger partial charge >= 0.3 is 0 Å². The summed E-state index contributed by atoms with van der Waals surface area (Å²) >= 11 is 11.9. The van der Waals surface area contributed by atoms with Crippen molar-refractivity contribution in [1.82, 2.24) is 0 Å². The van der Waals surface area contributed by atoms with Gasteiger partial charge in [0.15, 0.2) is 5.72 Å². The minimum absolute atomic E-state index is 0.131. The molecule has 0 spiro atoms. The molecule has 5 heteroatoms. The van der Waals surface area contributed by atoms with E-state index < -0.39 is 5.72 Å². The highest BCUT2D eigenvalue weighted by Crippen LogP contribution is 2.54. The van der Waals surface area contributed by atoms with Crippen molar-refractivity contribution in [3.05, 3.63) is 65.7 Å². The SMILES string of the molecule is CC1(C)c2ccccc2N2CCOC21/C=C/c1ccc(N(CCCl)CCCl)cc1. The summed E-state index contributed by atoms with van der Waals surface area (Å²) < 4.78 is 6.41. The highest BCUT2D eigenvalue weighted by atomic mass is 35.5. The van der Waals surface area contributed by atoms with Crippen LogP contribution in [0.3, 0.4) is 0 Å². The fraction of sp³-hybridized carbons (Fsp3) is 0.417. The second-order valence-corrected chi connectivity index (χ2v) is 8.88. The molecule has 4 rings (SSSR count). The first kappa shape index (κ1) is 20.6. The van der Waals surface area contributed by atoms with E-state index in [4.69, 9.17) is 27.9 Å². The molecule has 2 aliphatic rings. The lowest BCUT2D eigenvalue weighted by atomic mass is 9.77. The van der Waals surface area contributed by atoms with E-state index in [0.29, 0.717) is 11.8 Å². The Morgan fingerprint density at radius 1 is 1.03 bits per heavy atom. The summed E-state index contributed by atoms with van der Waals surface area (Å²) in [6.07, 6.45) is 4.42. The molecule has 1 atom stereocenters. The van der Waals surface area contributed by atoms with Crippen molar-refractivity contribution < 1.29 is 4.74 Å². The van der Waals surface area contributed by atoms with E-state index in [1.807, 2.05) is 0 Å². The van der Waals surface area contributed by atoms with Crippen LogP contribution >= 0.6 is 23.2 Å². The van der Waals surface area contributed by atoms with E-state index in [1.54, 1.807) is 0 Å². The van der Waals surface area contributed by atoms with Crippen molar-refractivity contribution >= 4 is 40.7 Å². The van der Waals surface area contributed by atoms with Gasteiger partial charge in [-0.05, 0) is 35.4 Å². The van der Waals surface area contributed by atoms with Gasteiger partial charge in [-0.25, -0.2) is 0 Å². The van der Waals surface area contributed by atoms with Crippen LogP contribution in [0.5, 0.6) is 0 Å². The Balaban J connectivity index is 1.60. The number of halogens is 2. The first-order valence-corrected chi connectivity index (χ1v) is 11.3. The van der Waals surface area contributed by atoms with Gasteiger partial charge in [0.1, 0.15) is 0 Å². The summed E-state index contributed by atoms with van der Waals surface area (Å²) in [5.74, 6) is 1.17. The van der Waals surface area contributed by atoms with Gasteiger partial charge in [0.2, 0.25) is 0 Å². The lowest BCUT2D eigenvalue weighted by Gasteiger charge is -2.39. The molecule has 2 aromatic carbocycles. The molecule has 2 aliphatic heterocycles. The Morgan fingerprint density at radius 2 is 1.72 bits per heavy atom. The van der Waals surface area contributed by atoms with Crippen molar-refractivity contribution in [1.29, 1.82) is 0 Å². The number of anilines is 2. The maximum Gasteiger partial charge on any atom is 0.170 e. The van der Waals surface area contributed by atoms with Crippen LogP contribution in [0.25, 0.3) is 6.08 Å². The summed E-state index contributed by atoms with van der Waals surface area (Å²) in [6, 6.07) is 17.2. The number of benzene rings is 2. The molecule has 2 aromatic rings. The summed E-state index contributed by atoms with van der Waals surface area (Å²) in [5.41, 5.74) is 4.36. The first-order valence-electron chi connectivity index (χ1n) is 10.2. The third-order valence-corrected chi connectivity index (χ3v) is 6.61. The van der Waals surface area contributed by atoms with Crippen LogP contribution in [0.2, 0.25) is 0 Å². The predicted molar refractivity (Wildman–Crippen MR) is 125 cm³/mol. The van der Waals surface area contributed by atoms with Gasteiger partial charge in [0, 0.05) is 48.2 Å². The summed E-state index contributed by atoms with van der Waals surface area (Å²) in [5, 5.41) is 0. The van der Waals surface area contributed by atoms with Gasteiger partial charge in [-0.2, -0.15) is 0 Å². The molecule has 29 heavy (non-hydrogen) atoms. The van der Waals surface area contributed by atoms with E-state index >= 15 is 0 Å². The quantitative estimate of drug-likeness (QED) is 0.538. The number of hydrogen-bond donors (Lipinski definition) is 0. The minimum Gasteiger partial charge on any atom is -0.369 e. The zero-order valence-electron chi connectivity index (χ0n) is 17.1. The van der Waals surface area contributed by atoms with Crippen molar-refractivity contribution in [3.63, 3.8) is 0 Å². The number of hydrogen-bond acceptors (Lipinski definition) is 3. The molecule has 0 bridgehead atoms. The van der Waals surface area contributed by atoms with Gasteiger partial charge in [-0.1, -0.05) is 50.3 Å². The summed E-state index contributed by atoms with van der Waals surface area (Å²) in [7, 11) is 0. The third kappa shape index (κ3) is 3.43. The smallest absolute Gasteiger partial charge is 0.170 e. The molecule has 3 nitrogen and oxygen atoms in total. The van der Waals surface area contributed by atoms with E-state index in [-0.39, 0.29) is 5.41 Å². The number of para-hydroxylation sites is 1. The monoisotopic (exact) mass is 430 g/mol. The van der Waals surface area contributed by atoms with Gasteiger partial charge in [0.25, 0.3) is 0 Å². The second-order valence-electron chi connectivity index (χ2n) is 8.13. The van der Waals surface area contributed by atoms with Crippen LogP contribution < -0.4 is 9.80 Å². The predicted octanol–water partition coefficient (Wildman–Crippen LogP) is 5.51. The van der Waals surface area contributed by atoms with Crippen LogP contribution in [-0.4, -0.2) is 43.7 Å². The van der Waals surface area contributed by atoms with Gasteiger partial charge in [-0.3, -0.25) is 0 Å². The van der Waals surface area contributed by atoms with E-state index in [0.717, 1.165) is 37.5 Å². The van der Waals surface area contributed by atoms with Crippen LogP contribution in [0.1, 0.15) is 25.0 Å². The second kappa shape index (κ2) is 8.22. The van der Waals surface area contributed by atoms with Crippen molar-refractivity contribution in [2.24, 2.45) is 0 Å². The highest BCUT2D eigenvalue weighted by molar-refractivity contribution is 6.18. The summed E-state index contributed by atoms with van der Waals surface area (Å²) in [6.45, 7) is 7.80. The zero-order valence-corrected chi connectivity index (χ0v) is 18.6. The normalized spacial score (nSPS) is 22.1. The van der Waals surface area contributed by atoms with E-state index in [9.17, 15) is 0 Å². The molecule has 154 valence electrons. The van der Waals surface area contributed by atoms with Gasteiger partial charge in [0.05, 0.1) is 6.61 Å². The maximum atomic E-state index is 6.41. The Labute approximate surface area is 183 Å². The molecule has 0 radical (unpaired) electrons. The Bertz CT molecular complexity index is 875. The lowest BCUT2D eigenvalue weighted by Crippen LogP contribution is -2.51. The molecular weight excluding hydrogens is 403 g/mol. The molecule has 1 unspecified atom stereocenters. The molecule has 0 aliphatic carbocycles. The minimum atomic E-state index is -0.446. The van der Waals surface area contributed by atoms with Crippen LogP contribution in [-0.2, 0) is 10.2 Å². The van der Waals surface area contributed by atoms with Crippen molar-refractivity contribution in [3.8, 4) is 0 Å². The Hall–Kier alpha value is -1.68. The molecule has 1 saturated heterocycles. The Kier molecular flexibility index (Phi) is 5.83. The molecule has 1 fully saturated rings. The van der Waals surface area contributed by atoms with Crippen molar-refractivity contribution in [2.75, 3.05) is 47.8 Å². The third-order valence-electron chi connectivity index (χ3n) is 6.27. The topological polar surface area (TPSA) is 15.7 Å². The fourth-order valence-corrected chi connectivity index (χ4v) is 5.12. The Morgan fingerprint density at radius 3 is 2.41 bits per heavy atom. The number of rotatable bonds is 7. The lowest BCUT2D eigenvalue weighted by molar-refractivity contribution is 0.000337. The highest BCUT2D eigenvalue weighted by Gasteiger charge is 2.58. The van der Waals surface area contributed by atoms with E-state index in [1.165, 1.54) is 11.3 Å². The van der Waals surface area contributed by atoms with E-state index in [2.05, 4.69) is 84.3 Å². The number of fused-ring (bicyclic) bond motifs is 3. The average Bonchev–Trinajstić information content (AvgIpc) is 3.24. The zero-order chi connectivity index (χ0) is 20.5. The molecule has 0 amide bonds. The molecule has 0 N–H and O–H groups in total. The number of ether oxygens (including phenoxy) is 1. The fourth-order valence-electron chi connectivity index (χ4n) is 4.71. The maximum absolute atomic E-state index is 6.41. The first-order chi connectivity index (χ1) is 14.0. The number of alkyl halides is 2. The average molecular weight is 431 g/mol. The largest absolute Gasteiger partial charge is 0.369 e. The number of nitrogens with zero attached hydrogens (tertiary/aromatic N) is 2. The summed E-state index contributed by atoms with van der Waals surface area (Å²) in [4.78, 5) is 4.63. The van der Waals surface area contributed by atoms with Gasteiger partial charge < -0.3 is 14.5 Å². The molecule has 0 aromatic heterocycles. The molecule has 2 heterocycles.